The second-order valence-electron chi connectivity index (χ2n) is 7.06. The summed E-state index contributed by atoms with van der Waals surface area (Å²) in [5.74, 6) is -1.44. The predicted molar refractivity (Wildman–Crippen MR) is 87.7 cm³/mol. The first-order valence-corrected chi connectivity index (χ1v) is 8.07. The third-order valence-electron chi connectivity index (χ3n) is 4.42. The van der Waals surface area contributed by atoms with Crippen LogP contribution in [0.4, 0.5) is 8.78 Å². The molecule has 1 saturated heterocycles. The lowest BCUT2D eigenvalue weighted by atomic mass is 9.82. The molecule has 7 heteroatoms. The molecule has 0 aromatic heterocycles. The summed E-state index contributed by atoms with van der Waals surface area (Å²) in [6.45, 7) is 7.51. The largest absolute Gasteiger partial charge is 0.488 e. The molecule has 0 amide bonds. The van der Waals surface area contributed by atoms with Crippen molar-refractivity contribution in [3.05, 3.63) is 23.8 Å². The number of hydrogen-bond donors (Lipinski definition) is 1. The van der Waals surface area contributed by atoms with Crippen LogP contribution in [0.25, 0.3) is 0 Å². The number of halogens is 2. The standard InChI is InChI=1S/C17H24BF2O4/c1-16(2,21)17(3,4)24-18-15-13(19)8-12(9-14(15)20)23-11-6-5-7-22-10-11/h8-9,11,21H,5-7,10H2,1-4H3. The summed E-state index contributed by atoms with van der Waals surface area (Å²) < 4.78 is 44.7. The van der Waals surface area contributed by atoms with Gasteiger partial charge in [-0.1, -0.05) is 0 Å². The van der Waals surface area contributed by atoms with Crippen molar-refractivity contribution in [2.24, 2.45) is 0 Å². The lowest BCUT2D eigenvalue weighted by molar-refractivity contribution is -0.0894. The molecule has 1 radical (unpaired) electrons. The highest BCUT2D eigenvalue weighted by Gasteiger charge is 2.36. The minimum absolute atomic E-state index is 0.124. The van der Waals surface area contributed by atoms with Gasteiger partial charge in [0.05, 0.1) is 17.8 Å². The number of rotatable bonds is 6. The van der Waals surface area contributed by atoms with Gasteiger partial charge in [0.2, 0.25) is 0 Å². The van der Waals surface area contributed by atoms with Crippen molar-refractivity contribution in [1.29, 1.82) is 0 Å². The predicted octanol–water partition coefficient (Wildman–Crippen LogP) is 2.33. The zero-order valence-corrected chi connectivity index (χ0v) is 14.6. The van der Waals surface area contributed by atoms with Gasteiger partial charge in [-0.25, -0.2) is 8.78 Å². The van der Waals surface area contributed by atoms with Crippen molar-refractivity contribution < 1.29 is 28.0 Å². The summed E-state index contributed by atoms with van der Waals surface area (Å²) in [6, 6.07) is 2.26. The second kappa shape index (κ2) is 7.37. The lowest BCUT2D eigenvalue weighted by Gasteiger charge is -2.37. The van der Waals surface area contributed by atoms with E-state index in [-0.39, 0.29) is 17.3 Å². The van der Waals surface area contributed by atoms with Crippen LogP contribution in [0.5, 0.6) is 5.75 Å². The Kier molecular flexibility index (Phi) is 5.89. The highest BCUT2D eigenvalue weighted by atomic mass is 19.1. The molecule has 1 aromatic rings. The quantitative estimate of drug-likeness (QED) is 0.807. The van der Waals surface area contributed by atoms with Crippen LogP contribution in [0.15, 0.2) is 12.1 Å². The lowest BCUT2D eigenvalue weighted by Crippen LogP contribution is -2.49. The summed E-state index contributed by atoms with van der Waals surface area (Å²) in [4.78, 5) is 0. The van der Waals surface area contributed by atoms with Gasteiger partial charge in [-0.15, -0.1) is 0 Å². The van der Waals surface area contributed by atoms with E-state index in [9.17, 15) is 13.9 Å². The van der Waals surface area contributed by atoms with Crippen LogP contribution < -0.4 is 10.2 Å². The van der Waals surface area contributed by atoms with Crippen LogP contribution in [0.1, 0.15) is 40.5 Å². The highest BCUT2D eigenvalue weighted by molar-refractivity contribution is 6.47. The summed E-state index contributed by atoms with van der Waals surface area (Å²) in [5.41, 5.74) is -2.50. The molecule has 1 N–H and O–H groups in total. The molecular weight excluding hydrogens is 317 g/mol. The fraction of sp³-hybridized carbons (Fsp3) is 0.647. The Morgan fingerprint density at radius 1 is 1.21 bits per heavy atom. The van der Waals surface area contributed by atoms with Crippen LogP contribution in [-0.4, -0.2) is 43.1 Å². The SMILES string of the molecule is CC(C)(O)C(C)(C)O[B]c1c(F)cc(OC2CCCOC2)cc1F. The van der Waals surface area contributed by atoms with Crippen LogP contribution in [0, 0.1) is 11.6 Å². The molecule has 1 aliphatic heterocycles. The Labute approximate surface area is 142 Å². The zero-order chi connectivity index (χ0) is 18.0. The Morgan fingerprint density at radius 2 is 1.83 bits per heavy atom. The summed E-state index contributed by atoms with van der Waals surface area (Å²) >= 11 is 0. The molecule has 133 valence electrons. The van der Waals surface area contributed by atoms with Crippen LogP contribution in [0.3, 0.4) is 0 Å². The van der Waals surface area contributed by atoms with E-state index in [4.69, 9.17) is 14.1 Å². The Hall–Kier alpha value is -1.18. The molecular formula is C17H24BF2O4. The van der Waals surface area contributed by atoms with Crippen LogP contribution >= 0.6 is 0 Å². The Bertz CT molecular complexity index is 543. The first kappa shape index (κ1) is 19.2. The zero-order valence-electron chi connectivity index (χ0n) is 14.6. The maximum Gasteiger partial charge on any atom is 0.337 e. The number of ether oxygens (including phenoxy) is 2. The smallest absolute Gasteiger partial charge is 0.337 e. The van der Waals surface area contributed by atoms with Gasteiger partial charge in [-0.3, -0.25) is 0 Å². The van der Waals surface area contributed by atoms with Crippen molar-refractivity contribution in [2.45, 2.75) is 57.8 Å². The van der Waals surface area contributed by atoms with E-state index in [1.165, 1.54) is 0 Å². The Morgan fingerprint density at radius 3 is 2.33 bits per heavy atom. The van der Waals surface area contributed by atoms with Gasteiger partial charge in [0.25, 0.3) is 0 Å². The van der Waals surface area contributed by atoms with Crippen molar-refractivity contribution >= 4 is 12.9 Å². The van der Waals surface area contributed by atoms with Crippen molar-refractivity contribution in [3.8, 4) is 5.75 Å². The van der Waals surface area contributed by atoms with Gasteiger partial charge in [0, 0.05) is 24.2 Å². The van der Waals surface area contributed by atoms with E-state index in [1.54, 1.807) is 27.7 Å². The van der Waals surface area contributed by atoms with Crippen molar-refractivity contribution in [3.63, 3.8) is 0 Å². The molecule has 24 heavy (non-hydrogen) atoms. The molecule has 1 atom stereocenters. The average Bonchev–Trinajstić information content (AvgIpc) is 2.46. The molecule has 1 heterocycles. The second-order valence-corrected chi connectivity index (χ2v) is 7.06. The summed E-state index contributed by atoms with van der Waals surface area (Å²) in [7, 11) is 0.996. The van der Waals surface area contributed by atoms with E-state index >= 15 is 0 Å². The molecule has 0 bridgehead atoms. The number of hydrogen-bond acceptors (Lipinski definition) is 4. The Balaban J connectivity index is 2.06. The van der Waals surface area contributed by atoms with Crippen molar-refractivity contribution in [1.82, 2.24) is 0 Å². The molecule has 0 spiro atoms. The first-order valence-electron chi connectivity index (χ1n) is 8.07. The fourth-order valence-corrected chi connectivity index (χ4v) is 2.09. The van der Waals surface area contributed by atoms with Gasteiger partial charge in [-0.05, 0) is 40.5 Å². The average molecular weight is 341 g/mol. The van der Waals surface area contributed by atoms with E-state index in [1.807, 2.05) is 0 Å². The molecule has 1 aromatic carbocycles. The number of aliphatic hydroxyl groups is 1. The molecule has 1 fully saturated rings. The molecule has 1 aliphatic rings. The molecule has 0 saturated carbocycles. The minimum Gasteiger partial charge on any atom is -0.488 e. The van der Waals surface area contributed by atoms with Gasteiger partial charge in [0.15, 0.2) is 0 Å². The third kappa shape index (κ3) is 4.68. The normalized spacial score (nSPS) is 19.2. The highest BCUT2D eigenvalue weighted by Crippen LogP contribution is 2.25. The molecule has 0 aliphatic carbocycles. The topological polar surface area (TPSA) is 47.9 Å². The van der Waals surface area contributed by atoms with Gasteiger partial charge >= 0.3 is 7.48 Å². The van der Waals surface area contributed by atoms with Crippen molar-refractivity contribution in [2.75, 3.05) is 13.2 Å². The van der Waals surface area contributed by atoms with Crippen LogP contribution in [0.2, 0.25) is 0 Å². The molecule has 2 rings (SSSR count). The summed E-state index contributed by atoms with van der Waals surface area (Å²) in [6.07, 6.45) is 1.46. The monoisotopic (exact) mass is 341 g/mol. The maximum atomic E-state index is 14.2. The first-order chi connectivity index (χ1) is 11.1. The van der Waals surface area contributed by atoms with Crippen LogP contribution in [-0.2, 0) is 9.39 Å². The minimum atomic E-state index is -1.18. The molecule has 4 nitrogen and oxygen atoms in total. The third-order valence-corrected chi connectivity index (χ3v) is 4.42. The van der Waals surface area contributed by atoms with E-state index in [0.29, 0.717) is 13.2 Å². The van der Waals surface area contributed by atoms with E-state index in [2.05, 4.69) is 0 Å². The summed E-state index contributed by atoms with van der Waals surface area (Å²) in [5, 5.41) is 10.0. The van der Waals surface area contributed by atoms with E-state index < -0.39 is 22.8 Å². The van der Waals surface area contributed by atoms with Gasteiger partial charge < -0.3 is 19.2 Å². The van der Waals surface area contributed by atoms with E-state index in [0.717, 1.165) is 32.5 Å². The fourth-order valence-electron chi connectivity index (χ4n) is 2.09. The number of benzene rings is 1. The van der Waals surface area contributed by atoms with Gasteiger partial charge in [0.1, 0.15) is 23.5 Å². The van der Waals surface area contributed by atoms with Gasteiger partial charge in [-0.2, -0.15) is 0 Å². The molecule has 1 unspecified atom stereocenters. The maximum absolute atomic E-state index is 14.2.